The van der Waals surface area contributed by atoms with Crippen LogP contribution in [0, 0.1) is 11.8 Å². The van der Waals surface area contributed by atoms with Crippen LogP contribution in [-0.2, 0) is 4.79 Å². The summed E-state index contributed by atoms with van der Waals surface area (Å²) in [5.74, 6) is 1.68. The van der Waals surface area contributed by atoms with Crippen molar-refractivity contribution >= 4 is 46.2 Å². The number of nitrogens with zero attached hydrogens (tertiary/aromatic N) is 3. The maximum absolute atomic E-state index is 12.2. The minimum atomic E-state index is -0.287. The molecule has 0 aromatic carbocycles. The predicted octanol–water partition coefficient (Wildman–Crippen LogP) is 2.78. The van der Waals surface area contributed by atoms with Gasteiger partial charge in [-0.25, -0.2) is 4.99 Å². The van der Waals surface area contributed by atoms with E-state index >= 15 is 0 Å². The number of rotatable bonds is 7. The number of aromatic nitrogens is 1. The zero-order valence-electron chi connectivity index (χ0n) is 14.6. The van der Waals surface area contributed by atoms with Crippen molar-refractivity contribution in [3.63, 3.8) is 0 Å². The van der Waals surface area contributed by atoms with Gasteiger partial charge in [0.2, 0.25) is 0 Å². The van der Waals surface area contributed by atoms with Crippen molar-refractivity contribution in [1.29, 1.82) is 0 Å². The van der Waals surface area contributed by atoms with E-state index in [2.05, 4.69) is 34.1 Å². The highest BCUT2D eigenvalue weighted by Crippen LogP contribution is 2.38. The first kappa shape index (κ1) is 18.8. The van der Waals surface area contributed by atoms with E-state index in [1.807, 2.05) is 6.08 Å². The molecule has 1 atom stereocenters. The van der Waals surface area contributed by atoms with E-state index in [1.54, 1.807) is 41.9 Å². The first-order valence-corrected chi connectivity index (χ1v) is 10.4. The van der Waals surface area contributed by atoms with Crippen molar-refractivity contribution < 1.29 is 9.59 Å². The highest BCUT2D eigenvalue weighted by atomic mass is 32.2. The fourth-order valence-corrected chi connectivity index (χ4v) is 4.28. The molecular formula is C18H20N4O2S2. The van der Waals surface area contributed by atoms with Crippen LogP contribution in [0.15, 0.2) is 45.5 Å². The molecule has 1 aromatic heterocycles. The first-order chi connectivity index (χ1) is 12.5. The van der Waals surface area contributed by atoms with Crippen LogP contribution in [0.4, 0.5) is 0 Å². The van der Waals surface area contributed by atoms with E-state index in [0.29, 0.717) is 29.6 Å². The Kier molecular flexibility index (Phi) is 6.26. The predicted molar refractivity (Wildman–Crippen MR) is 108 cm³/mol. The van der Waals surface area contributed by atoms with Gasteiger partial charge in [-0.05, 0) is 23.0 Å². The van der Waals surface area contributed by atoms with Crippen molar-refractivity contribution in [3.8, 4) is 0 Å². The summed E-state index contributed by atoms with van der Waals surface area (Å²) in [6, 6.07) is 3.46. The lowest BCUT2D eigenvalue weighted by molar-refractivity contribution is -0.118. The van der Waals surface area contributed by atoms with Gasteiger partial charge in [0, 0.05) is 24.7 Å². The molecule has 2 aliphatic heterocycles. The fourth-order valence-electron chi connectivity index (χ4n) is 2.45. The zero-order chi connectivity index (χ0) is 18.5. The number of hydrogen-bond acceptors (Lipinski definition) is 6. The van der Waals surface area contributed by atoms with Crippen molar-refractivity contribution in [1.82, 2.24) is 10.3 Å². The molecule has 0 bridgehead atoms. The number of fused-ring (bicyclic) bond motifs is 1. The van der Waals surface area contributed by atoms with Gasteiger partial charge in [0.25, 0.3) is 11.8 Å². The van der Waals surface area contributed by atoms with Crippen LogP contribution in [0.3, 0.4) is 0 Å². The van der Waals surface area contributed by atoms with Gasteiger partial charge in [-0.1, -0.05) is 31.7 Å². The number of carbonyl (C=O) groups is 2. The number of carbonyl (C=O) groups excluding carboxylic acids is 2. The molecule has 3 heterocycles. The van der Waals surface area contributed by atoms with E-state index in [9.17, 15) is 9.59 Å². The van der Waals surface area contributed by atoms with E-state index in [0.717, 1.165) is 10.8 Å². The Morgan fingerprint density at radius 3 is 2.96 bits per heavy atom. The molecule has 0 fully saturated rings. The lowest BCUT2D eigenvalue weighted by atomic mass is 10.1. The maximum atomic E-state index is 12.2. The summed E-state index contributed by atoms with van der Waals surface area (Å²) in [4.78, 5) is 37.9. The van der Waals surface area contributed by atoms with Gasteiger partial charge in [-0.2, -0.15) is 16.8 Å². The Morgan fingerprint density at radius 1 is 1.38 bits per heavy atom. The zero-order valence-corrected chi connectivity index (χ0v) is 16.3. The topological polar surface area (TPSA) is 83.8 Å². The quantitative estimate of drug-likeness (QED) is 0.726. The Labute approximate surface area is 161 Å². The molecule has 0 saturated carbocycles. The number of thioether (sulfide) groups is 2. The Hall–Kier alpha value is -1.93. The van der Waals surface area contributed by atoms with E-state index in [4.69, 9.17) is 0 Å². The van der Waals surface area contributed by atoms with Crippen LogP contribution in [0.2, 0.25) is 0 Å². The summed E-state index contributed by atoms with van der Waals surface area (Å²) in [7, 11) is 0. The average molecular weight is 389 g/mol. The summed E-state index contributed by atoms with van der Waals surface area (Å²) < 4.78 is 0. The van der Waals surface area contributed by atoms with Crippen LogP contribution in [0.5, 0.6) is 0 Å². The average Bonchev–Trinajstić information content (AvgIpc) is 3.07. The molecule has 6 nitrogen and oxygen atoms in total. The molecule has 1 unspecified atom stereocenters. The van der Waals surface area contributed by atoms with Gasteiger partial charge >= 0.3 is 0 Å². The standard InChI is InChI=1S/C18H20N4O2S2/c1-11(2)14-8-13-17(24)21-15(22-18(13)26-14)10-25-7-6-20-16(23)12-4-3-5-19-9-12/h3-5,8-9,11,13H,6-7,10H2,1-2H3,(H,20,23). The summed E-state index contributed by atoms with van der Waals surface area (Å²) in [5, 5.41) is 3.69. The monoisotopic (exact) mass is 388 g/mol. The third-order valence-corrected chi connectivity index (χ3v) is 6.17. The van der Waals surface area contributed by atoms with Crippen LogP contribution < -0.4 is 5.32 Å². The number of nitrogens with one attached hydrogen (secondary N) is 1. The third-order valence-electron chi connectivity index (χ3n) is 3.82. The van der Waals surface area contributed by atoms with E-state index < -0.39 is 0 Å². The molecule has 136 valence electrons. The van der Waals surface area contributed by atoms with Gasteiger partial charge in [0.05, 0.1) is 16.4 Å². The molecule has 1 aromatic rings. The maximum Gasteiger partial charge on any atom is 0.261 e. The molecule has 1 N–H and O–H groups in total. The van der Waals surface area contributed by atoms with Crippen molar-refractivity contribution in [3.05, 3.63) is 41.1 Å². The second-order valence-corrected chi connectivity index (χ2v) is 8.37. The third kappa shape index (κ3) is 4.62. The second-order valence-electron chi connectivity index (χ2n) is 6.17. The van der Waals surface area contributed by atoms with Gasteiger partial charge in [-0.15, -0.1) is 0 Å². The van der Waals surface area contributed by atoms with Crippen molar-refractivity contribution in [2.45, 2.75) is 13.8 Å². The first-order valence-electron chi connectivity index (χ1n) is 8.40. The molecule has 0 aliphatic carbocycles. The molecule has 2 amide bonds. The van der Waals surface area contributed by atoms with Crippen molar-refractivity contribution in [2.24, 2.45) is 21.8 Å². The van der Waals surface area contributed by atoms with Gasteiger partial charge in [0.15, 0.2) is 0 Å². The number of amidine groups is 1. The Morgan fingerprint density at radius 2 is 2.23 bits per heavy atom. The van der Waals surface area contributed by atoms with E-state index in [1.165, 1.54) is 11.1 Å². The summed E-state index contributed by atoms with van der Waals surface area (Å²) in [6.07, 6.45) is 5.15. The Balaban J connectivity index is 1.43. The molecule has 0 saturated heterocycles. The summed E-state index contributed by atoms with van der Waals surface area (Å²) >= 11 is 3.19. The molecule has 0 spiro atoms. The molecule has 3 rings (SSSR count). The largest absolute Gasteiger partial charge is 0.351 e. The fraction of sp³-hybridized carbons (Fsp3) is 0.389. The number of aliphatic imine (C=N–C) groups is 2. The molecular weight excluding hydrogens is 368 g/mol. The van der Waals surface area contributed by atoms with Crippen LogP contribution in [0.25, 0.3) is 0 Å². The number of allylic oxidation sites excluding steroid dienone is 1. The molecule has 8 heteroatoms. The molecule has 26 heavy (non-hydrogen) atoms. The lowest BCUT2D eigenvalue weighted by Gasteiger charge is -2.12. The number of amides is 2. The normalized spacial score (nSPS) is 19.0. The summed E-state index contributed by atoms with van der Waals surface area (Å²) in [5.41, 5.74) is 0.545. The van der Waals surface area contributed by atoms with E-state index in [-0.39, 0.29) is 17.7 Å². The highest BCUT2D eigenvalue weighted by molar-refractivity contribution is 8.17. The van der Waals surface area contributed by atoms with Gasteiger partial charge in [0.1, 0.15) is 11.8 Å². The minimum Gasteiger partial charge on any atom is -0.351 e. The number of pyridine rings is 1. The SMILES string of the molecule is CC(C)C1=CC2C(=O)N=C(CSCCNC(=O)c3cccnc3)N=C2S1. The lowest BCUT2D eigenvalue weighted by Crippen LogP contribution is -2.26. The molecule has 2 aliphatic rings. The number of hydrogen-bond donors (Lipinski definition) is 1. The second kappa shape index (κ2) is 8.64. The highest BCUT2D eigenvalue weighted by Gasteiger charge is 2.34. The summed E-state index contributed by atoms with van der Waals surface area (Å²) in [6.45, 7) is 4.75. The molecule has 0 radical (unpaired) electrons. The van der Waals surface area contributed by atoms with Crippen molar-refractivity contribution in [2.75, 3.05) is 18.1 Å². The van der Waals surface area contributed by atoms with Gasteiger partial charge in [-0.3, -0.25) is 14.6 Å². The van der Waals surface area contributed by atoms with Crippen LogP contribution in [-0.4, -0.2) is 45.7 Å². The van der Waals surface area contributed by atoms with Gasteiger partial charge < -0.3 is 5.32 Å². The van der Waals surface area contributed by atoms with Crippen LogP contribution in [0.1, 0.15) is 24.2 Å². The smallest absolute Gasteiger partial charge is 0.261 e. The van der Waals surface area contributed by atoms with Crippen LogP contribution >= 0.6 is 23.5 Å². The minimum absolute atomic E-state index is 0.126. The Bertz CT molecular complexity index is 788.